The molecule has 1 fully saturated rings. The molecule has 0 bridgehead atoms. The van der Waals surface area contributed by atoms with Gasteiger partial charge in [-0.3, -0.25) is 9.89 Å². The zero-order valence-electron chi connectivity index (χ0n) is 15.7. The zero-order chi connectivity index (χ0) is 17.5. The van der Waals surface area contributed by atoms with Gasteiger partial charge in [0.1, 0.15) is 0 Å². The second kappa shape index (κ2) is 10.9. The van der Waals surface area contributed by atoms with E-state index in [1.54, 1.807) is 0 Å². The Morgan fingerprint density at radius 2 is 2.04 bits per heavy atom. The van der Waals surface area contributed by atoms with Gasteiger partial charge in [0, 0.05) is 37.9 Å². The molecule has 0 spiro atoms. The van der Waals surface area contributed by atoms with Gasteiger partial charge in [-0.2, -0.15) is 0 Å². The van der Waals surface area contributed by atoms with Crippen molar-refractivity contribution in [2.45, 2.75) is 25.8 Å². The fraction of sp³-hybridized carbons (Fsp3) is 0.632. The lowest BCUT2D eigenvalue weighted by atomic mass is 10.2. The van der Waals surface area contributed by atoms with Crippen molar-refractivity contribution < 1.29 is 4.74 Å². The summed E-state index contributed by atoms with van der Waals surface area (Å²) in [5, 5.41) is 3.24. The van der Waals surface area contributed by atoms with Crippen LogP contribution in [-0.2, 0) is 11.2 Å². The van der Waals surface area contributed by atoms with Crippen LogP contribution in [0.25, 0.3) is 0 Å². The van der Waals surface area contributed by atoms with Crippen molar-refractivity contribution >= 4 is 35.6 Å². The molecule has 146 valence electrons. The maximum absolute atomic E-state index is 6.02. The summed E-state index contributed by atoms with van der Waals surface area (Å²) in [4.78, 5) is 9.40. The Balaban J connectivity index is 0.00000243. The third kappa shape index (κ3) is 5.99. The van der Waals surface area contributed by atoms with Gasteiger partial charge in [0.25, 0.3) is 0 Å². The van der Waals surface area contributed by atoms with Gasteiger partial charge in [-0.1, -0.05) is 18.2 Å². The highest BCUT2D eigenvalue weighted by Gasteiger charge is 2.22. The number of halogens is 1. The summed E-state index contributed by atoms with van der Waals surface area (Å²) < 4.78 is 5.36. The van der Waals surface area contributed by atoms with Crippen LogP contribution in [0.15, 0.2) is 29.3 Å². The van der Waals surface area contributed by atoms with Crippen LogP contribution in [0.1, 0.15) is 18.9 Å². The number of para-hydroxylation sites is 1. The Morgan fingerprint density at radius 1 is 1.27 bits per heavy atom. The summed E-state index contributed by atoms with van der Waals surface area (Å²) in [7, 11) is 0. The zero-order valence-corrected chi connectivity index (χ0v) is 18.0. The van der Waals surface area contributed by atoms with Crippen LogP contribution in [-0.4, -0.2) is 69.4 Å². The summed E-state index contributed by atoms with van der Waals surface area (Å²) in [6.45, 7) is 9.76. The molecule has 26 heavy (non-hydrogen) atoms. The van der Waals surface area contributed by atoms with Crippen LogP contribution in [0.4, 0.5) is 5.69 Å². The van der Waals surface area contributed by atoms with Gasteiger partial charge < -0.3 is 20.7 Å². The molecular weight excluding hydrogens is 441 g/mol. The molecule has 1 unspecified atom stereocenters. The first-order valence-corrected chi connectivity index (χ1v) is 9.42. The molecule has 6 nitrogen and oxygen atoms in total. The number of hydrogen-bond acceptors (Lipinski definition) is 4. The fourth-order valence-electron chi connectivity index (χ4n) is 3.55. The van der Waals surface area contributed by atoms with E-state index in [0.717, 1.165) is 65.3 Å². The van der Waals surface area contributed by atoms with E-state index in [-0.39, 0.29) is 24.0 Å². The van der Waals surface area contributed by atoms with Crippen molar-refractivity contribution in [2.75, 3.05) is 57.4 Å². The van der Waals surface area contributed by atoms with E-state index < -0.39 is 0 Å². The Kier molecular flexibility index (Phi) is 8.94. The van der Waals surface area contributed by atoms with Crippen molar-refractivity contribution in [1.29, 1.82) is 0 Å². The third-order valence-corrected chi connectivity index (χ3v) is 5.04. The number of nitrogens with two attached hydrogens (primary N) is 1. The molecule has 2 aliphatic heterocycles. The SMILES string of the molecule is CC(CN=C(N)NCCCN1CCOCC1)N1CCc2ccccc21.I. The lowest BCUT2D eigenvalue weighted by Gasteiger charge is -2.26. The van der Waals surface area contributed by atoms with Crippen LogP contribution in [0.5, 0.6) is 0 Å². The summed E-state index contributed by atoms with van der Waals surface area (Å²) >= 11 is 0. The predicted molar refractivity (Wildman–Crippen MR) is 119 cm³/mol. The Hall–Kier alpha value is -1.06. The number of nitrogens with zero attached hydrogens (tertiary/aromatic N) is 3. The van der Waals surface area contributed by atoms with Gasteiger partial charge >= 0.3 is 0 Å². The molecule has 3 N–H and O–H groups in total. The van der Waals surface area contributed by atoms with Crippen molar-refractivity contribution in [3.8, 4) is 0 Å². The highest BCUT2D eigenvalue weighted by atomic mass is 127. The molecule has 0 aliphatic carbocycles. The van der Waals surface area contributed by atoms with Crippen molar-refractivity contribution in [1.82, 2.24) is 10.2 Å². The summed E-state index contributed by atoms with van der Waals surface area (Å²) in [6, 6.07) is 9.00. The second-order valence-electron chi connectivity index (χ2n) is 6.88. The first-order valence-electron chi connectivity index (χ1n) is 9.42. The summed E-state index contributed by atoms with van der Waals surface area (Å²) in [6.07, 6.45) is 2.20. The number of aliphatic imine (C=N–C) groups is 1. The van der Waals surface area contributed by atoms with Gasteiger partial charge in [0.15, 0.2) is 5.96 Å². The Morgan fingerprint density at radius 3 is 2.85 bits per heavy atom. The summed E-state index contributed by atoms with van der Waals surface area (Å²) in [5.74, 6) is 0.557. The van der Waals surface area contributed by atoms with Crippen LogP contribution in [0, 0.1) is 0 Å². The van der Waals surface area contributed by atoms with Crippen molar-refractivity contribution in [3.05, 3.63) is 29.8 Å². The highest BCUT2D eigenvalue weighted by Crippen LogP contribution is 2.29. The van der Waals surface area contributed by atoms with E-state index in [0.29, 0.717) is 12.0 Å². The smallest absolute Gasteiger partial charge is 0.188 e. The topological polar surface area (TPSA) is 66.1 Å². The molecular formula is C19H32IN5O. The average Bonchev–Trinajstić information content (AvgIpc) is 3.08. The molecule has 1 aromatic rings. The van der Waals surface area contributed by atoms with Crippen LogP contribution in [0.3, 0.4) is 0 Å². The van der Waals surface area contributed by atoms with Gasteiger partial charge in [-0.25, -0.2) is 0 Å². The van der Waals surface area contributed by atoms with E-state index in [2.05, 4.69) is 51.3 Å². The van der Waals surface area contributed by atoms with E-state index >= 15 is 0 Å². The van der Waals surface area contributed by atoms with E-state index in [9.17, 15) is 0 Å². The number of rotatable bonds is 7. The quantitative estimate of drug-likeness (QED) is 0.273. The molecule has 1 saturated heterocycles. The number of fused-ring (bicyclic) bond motifs is 1. The average molecular weight is 473 g/mol. The van der Waals surface area contributed by atoms with Gasteiger partial charge in [-0.05, 0) is 37.9 Å². The minimum Gasteiger partial charge on any atom is -0.379 e. The molecule has 3 rings (SSSR count). The number of benzene rings is 1. The van der Waals surface area contributed by atoms with Crippen LogP contribution < -0.4 is 16.0 Å². The van der Waals surface area contributed by atoms with Gasteiger partial charge in [0.2, 0.25) is 0 Å². The molecule has 0 amide bonds. The Labute approximate surface area is 174 Å². The monoisotopic (exact) mass is 473 g/mol. The largest absolute Gasteiger partial charge is 0.379 e. The minimum atomic E-state index is 0. The molecule has 1 aromatic carbocycles. The van der Waals surface area contributed by atoms with E-state index in [1.807, 2.05) is 0 Å². The van der Waals surface area contributed by atoms with Gasteiger partial charge in [0.05, 0.1) is 19.8 Å². The molecule has 7 heteroatoms. The molecule has 0 saturated carbocycles. The number of anilines is 1. The number of ether oxygens (including phenoxy) is 1. The molecule has 0 aromatic heterocycles. The first kappa shape index (κ1) is 21.2. The lowest BCUT2D eigenvalue weighted by Crippen LogP contribution is -2.39. The molecule has 1 atom stereocenters. The number of morpholine rings is 1. The highest BCUT2D eigenvalue weighted by molar-refractivity contribution is 14.0. The maximum Gasteiger partial charge on any atom is 0.188 e. The maximum atomic E-state index is 6.02. The fourth-order valence-corrected chi connectivity index (χ4v) is 3.55. The first-order chi connectivity index (χ1) is 12.2. The van der Waals surface area contributed by atoms with Crippen molar-refractivity contribution in [3.63, 3.8) is 0 Å². The molecule has 2 heterocycles. The second-order valence-corrected chi connectivity index (χ2v) is 6.88. The Bertz CT molecular complexity index is 577. The standard InChI is InChI=1S/C19H31N5O.HI/c1-16(24-10-7-17-5-2-3-6-18(17)24)15-22-19(20)21-8-4-9-23-11-13-25-14-12-23;/h2-3,5-6,16H,4,7-15H2,1H3,(H3,20,21,22);1H. The molecule has 0 radical (unpaired) electrons. The third-order valence-electron chi connectivity index (χ3n) is 5.04. The predicted octanol–water partition coefficient (Wildman–Crippen LogP) is 1.68. The summed E-state index contributed by atoms with van der Waals surface area (Å²) in [5.41, 5.74) is 8.81. The van der Waals surface area contributed by atoms with Crippen LogP contribution in [0.2, 0.25) is 0 Å². The van der Waals surface area contributed by atoms with E-state index in [4.69, 9.17) is 10.5 Å². The lowest BCUT2D eigenvalue weighted by molar-refractivity contribution is 0.0376. The minimum absolute atomic E-state index is 0. The number of nitrogens with one attached hydrogen (secondary N) is 1. The number of guanidine groups is 1. The molecule has 2 aliphatic rings. The van der Waals surface area contributed by atoms with Gasteiger partial charge in [-0.15, -0.1) is 24.0 Å². The normalized spacial score (nSPS) is 19.0. The van der Waals surface area contributed by atoms with E-state index in [1.165, 1.54) is 11.3 Å². The van der Waals surface area contributed by atoms with Crippen LogP contribution >= 0.6 is 24.0 Å². The van der Waals surface area contributed by atoms with Crippen molar-refractivity contribution in [2.24, 2.45) is 10.7 Å². The number of hydrogen-bond donors (Lipinski definition) is 2.